The van der Waals surface area contributed by atoms with Crippen molar-refractivity contribution >= 4 is 11.8 Å². The summed E-state index contributed by atoms with van der Waals surface area (Å²) in [5, 5.41) is 2.93. The first kappa shape index (κ1) is 19.6. The lowest BCUT2D eigenvalue weighted by molar-refractivity contribution is -0.137. The molecule has 0 bridgehead atoms. The van der Waals surface area contributed by atoms with Crippen LogP contribution in [-0.4, -0.2) is 40.8 Å². The van der Waals surface area contributed by atoms with E-state index in [0.717, 1.165) is 29.9 Å². The Hall–Kier alpha value is -2.71. The number of carbonyl (C=O) groups is 2. The smallest absolute Gasteiger partial charge is 0.241 e. The number of carbonyl (C=O) groups excluding carboxylic acids is 2. The summed E-state index contributed by atoms with van der Waals surface area (Å²) in [7, 11) is 0. The summed E-state index contributed by atoms with van der Waals surface area (Å²) in [6, 6.07) is 7.39. The molecule has 0 spiro atoms. The molecule has 2 aliphatic heterocycles. The number of pyridine rings is 1. The molecule has 3 unspecified atom stereocenters. The van der Waals surface area contributed by atoms with Crippen LogP contribution < -0.4 is 16.2 Å². The van der Waals surface area contributed by atoms with Gasteiger partial charge >= 0.3 is 0 Å². The topological polar surface area (TPSA) is 99.5 Å². The lowest BCUT2D eigenvalue weighted by Gasteiger charge is -2.33. The van der Waals surface area contributed by atoms with Crippen LogP contribution >= 0.6 is 0 Å². The van der Waals surface area contributed by atoms with Crippen LogP contribution in [0.5, 0.6) is 0 Å². The number of furan rings is 1. The minimum Gasteiger partial charge on any atom is -0.465 e. The molecular formula is C21H27N5O3. The SMILES string of the molecule is Cc1ccc(CNC(=O)C2CCCN(C(=O)C3CC(c4cccnc4)NN3)C2)o1. The summed E-state index contributed by atoms with van der Waals surface area (Å²) >= 11 is 0. The van der Waals surface area contributed by atoms with Gasteiger partial charge in [-0.1, -0.05) is 6.07 Å². The Balaban J connectivity index is 1.29. The van der Waals surface area contributed by atoms with Crippen molar-refractivity contribution < 1.29 is 14.0 Å². The second-order valence-electron chi connectivity index (χ2n) is 7.77. The van der Waals surface area contributed by atoms with Crippen molar-refractivity contribution in [1.29, 1.82) is 0 Å². The van der Waals surface area contributed by atoms with Crippen molar-refractivity contribution in [1.82, 2.24) is 26.1 Å². The summed E-state index contributed by atoms with van der Waals surface area (Å²) in [5.41, 5.74) is 7.36. The van der Waals surface area contributed by atoms with Gasteiger partial charge in [-0.25, -0.2) is 10.9 Å². The molecule has 2 saturated heterocycles. The summed E-state index contributed by atoms with van der Waals surface area (Å²) in [4.78, 5) is 31.5. The van der Waals surface area contributed by atoms with Crippen molar-refractivity contribution in [3.05, 3.63) is 53.7 Å². The van der Waals surface area contributed by atoms with Gasteiger partial charge in [0, 0.05) is 31.5 Å². The molecular weight excluding hydrogens is 370 g/mol. The van der Waals surface area contributed by atoms with Gasteiger partial charge in [-0.15, -0.1) is 0 Å². The molecule has 2 amide bonds. The fourth-order valence-corrected chi connectivity index (χ4v) is 4.03. The fraction of sp³-hybridized carbons (Fsp3) is 0.476. The zero-order chi connectivity index (χ0) is 20.2. The lowest BCUT2D eigenvalue weighted by atomic mass is 9.95. The standard InChI is InChI=1S/C21H27N5O3/c1-14-6-7-17(29-14)12-23-20(27)16-5-3-9-26(13-16)21(28)19-10-18(24-25-19)15-4-2-8-22-11-15/h2,4,6-8,11,16,18-19,24-25H,3,5,9-10,12-13H2,1H3,(H,23,27). The quantitative estimate of drug-likeness (QED) is 0.706. The van der Waals surface area contributed by atoms with Gasteiger partial charge in [0.25, 0.3) is 0 Å². The minimum atomic E-state index is -0.298. The van der Waals surface area contributed by atoms with Crippen LogP contribution in [0.3, 0.4) is 0 Å². The Bertz CT molecular complexity index is 853. The molecule has 0 radical (unpaired) electrons. The Morgan fingerprint density at radius 1 is 1.31 bits per heavy atom. The van der Waals surface area contributed by atoms with Crippen molar-refractivity contribution in [2.75, 3.05) is 13.1 Å². The number of aromatic nitrogens is 1. The van der Waals surface area contributed by atoms with E-state index in [0.29, 0.717) is 26.1 Å². The number of likely N-dealkylation sites (tertiary alicyclic amines) is 1. The molecule has 8 heteroatoms. The zero-order valence-electron chi connectivity index (χ0n) is 16.6. The highest BCUT2D eigenvalue weighted by atomic mass is 16.3. The number of amides is 2. The summed E-state index contributed by atoms with van der Waals surface area (Å²) < 4.78 is 5.50. The average Bonchev–Trinajstić information content (AvgIpc) is 3.41. The molecule has 0 aliphatic carbocycles. The lowest BCUT2D eigenvalue weighted by Crippen LogP contribution is -2.51. The van der Waals surface area contributed by atoms with Crippen LogP contribution in [0.1, 0.15) is 42.4 Å². The third-order valence-electron chi connectivity index (χ3n) is 5.62. The largest absolute Gasteiger partial charge is 0.465 e. The molecule has 2 aromatic rings. The van der Waals surface area contributed by atoms with E-state index in [1.54, 1.807) is 6.20 Å². The number of nitrogens with zero attached hydrogens (tertiary/aromatic N) is 2. The molecule has 2 fully saturated rings. The Labute approximate surface area is 170 Å². The highest BCUT2D eigenvalue weighted by molar-refractivity contribution is 5.84. The molecule has 29 heavy (non-hydrogen) atoms. The average molecular weight is 397 g/mol. The monoisotopic (exact) mass is 397 g/mol. The molecule has 154 valence electrons. The van der Waals surface area contributed by atoms with Crippen LogP contribution in [-0.2, 0) is 16.1 Å². The predicted molar refractivity (Wildman–Crippen MR) is 106 cm³/mol. The molecule has 0 aromatic carbocycles. The predicted octanol–water partition coefficient (Wildman–Crippen LogP) is 1.45. The van der Waals surface area contributed by atoms with E-state index in [-0.39, 0.29) is 29.8 Å². The number of piperidine rings is 1. The first-order chi connectivity index (χ1) is 14.1. The number of hydrogen-bond acceptors (Lipinski definition) is 6. The van der Waals surface area contributed by atoms with Gasteiger partial charge in [-0.2, -0.15) is 0 Å². The van der Waals surface area contributed by atoms with Crippen molar-refractivity contribution in [3.8, 4) is 0 Å². The van der Waals surface area contributed by atoms with Gasteiger partial charge in [0.1, 0.15) is 17.6 Å². The molecule has 0 saturated carbocycles. The Morgan fingerprint density at radius 3 is 2.97 bits per heavy atom. The van der Waals surface area contributed by atoms with E-state index >= 15 is 0 Å². The van der Waals surface area contributed by atoms with E-state index < -0.39 is 0 Å². The third kappa shape index (κ3) is 4.65. The number of nitrogens with one attached hydrogen (secondary N) is 3. The number of rotatable bonds is 5. The molecule has 4 heterocycles. The van der Waals surface area contributed by atoms with Gasteiger partial charge in [-0.3, -0.25) is 14.6 Å². The Morgan fingerprint density at radius 2 is 2.21 bits per heavy atom. The third-order valence-corrected chi connectivity index (χ3v) is 5.62. The zero-order valence-corrected chi connectivity index (χ0v) is 16.6. The van der Waals surface area contributed by atoms with Gasteiger partial charge in [0.2, 0.25) is 11.8 Å². The van der Waals surface area contributed by atoms with E-state index in [2.05, 4.69) is 21.2 Å². The van der Waals surface area contributed by atoms with E-state index in [4.69, 9.17) is 4.42 Å². The fourth-order valence-electron chi connectivity index (χ4n) is 4.03. The number of aryl methyl sites for hydroxylation is 1. The van der Waals surface area contributed by atoms with Crippen molar-refractivity contribution in [2.45, 2.75) is 44.8 Å². The normalized spacial score (nSPS) is 24.4. The summed E-state index contributed by atoms with van der Waals surface area (Å²) in [5.74, 6) is 1.39. The van der Waals surface area contributed by atoms with Gasteiger partial charge in [0.05, 0.1) is 12.5 Å². The van der Waals surface area contributed by atoms with Gasteiger partial charge in [-0.05, 0) is 49.9 Å². The molecule has 8 nitrogen and oxygen atoms in total. The first-order valence-electron chi connectivity index (χ1n) is 10.1. The van der Waals surface area contributed by atoms with Gasteiger partial charge < -0.3 is 14.6 Å². The summed E-state index contributed by atoms with van der Waals surface area (Å²) in [6.07, 6.45) is 5.83. The van der Waals surface area contributed by atoms with E-state index in [1.807, 2.05) is 42.3 Å². The Kier molecular flexibility index (Phi) is 5.92. The van der Waals surface area contributed by atoms with E-state index in [1.165, 1.54) is 0 Å². The van der Waals surface area contributed by atoms with E-state index in [9.17, 15) is 9.59 Å². The molecule has 2 aromatic heterocycles. The van der Waals surface area contributed by atoms with Crippen LogP contribution in [0.25, 0.3) is 0 Å². The number of hydrazine groups is 1. The van der Waals surface area contributed by atoms with Crippen LogP contribution in [0.4, 0.5) is 0 Å². The van der Waals surface area contributed by atoms with Crippen LogP contribution in [0.15, 0.2) is 41.1 Å². The summed E-state index contributed by atoms with van der Waals surface area (Å²) in [6.45, 7) is 3.39. The second kappa shape index (κ2) is 8.75. The van der Waals surface area contributed by atoms with Gasteiger partial charge in [0.15, 0.2) is 0 Å². The molecule has 3 atom stereocenters. The maximum atomic E-state index is 13.0. The van der Waals surface area contributed by atoms with Crippen LogP contribution in [0.2, 0.25) is 0 Å². The first-order valence-corrected chi connectivity index (χ1v) is 10.1. The molecule has 3 N–H and O–H groups in total. The molecule has 2 aliphatic rings. The number of hydrogen-bond donors (Lipinski definition) is 3. The maximum Gasteiger partial charge on any atom is 0.241 e. The second-order valence-corrected chi connectivity index (χ2v) is 7.77. The van der Waals surface area contributed by atoms with Crippen LogP contribution in [0, 0.1) is 12.8 Å². The van der Waals surface area contributed by atoms with Crippen molar-refractivity contribution in [3.63, 3.8) is 0 Å². The highest BCUT2D eigenvalue weighted by Crippen LogP contribution is 2.24. The maximum absolute atomic E-state index is 13.0. The molecule has 4 rings (SSSR count). The van der Waals surface area contributed by atoms with Crippen molar-refractivity contribution in [2.24, 2.45) is 5.92 Å². The minimum absolute atomic E-state index is 0.0257. The highest BCUT2D eigenvalue weighted by Gasteiger charge is 2.36.